The summed E-state index contributed by atoms with van der Waals surface area (Å²) in [6, 6.07) is 3.84. The number of H-pyrrole nitrogens is 1. The van der Waals surface area contributed by atoms with Crippen molar-refractivity contribution in [2.45, 2.75) is 13.0 Å². The van der Waals surface area contributed by atoms with Gasteiger partial charge in [0.05, 0.1) is 5.52 Å². The fourth-order valence-electron chi connectivity index (χ4n) is 1.88. The van der Waals surface area contributed by atoms with Crippen LogP contribution in [0, 0.1) is 6.92 Å². The maximum absolute atomic E-state index is 10.9. The Morgan fingerprint density at radius 3 is 2.81 bits per heavy atom. The number of aromatic nitrogens is 1. The molecule has 1 aromatic carbocycles. The van der Waals surface area contributed by atoms with Crippen LogP contribution < -0.4 is 5.73 Å². The Balaban J connectivity index is 2.74. The van der Waals surface area contributed by atoms with E-state index >= 15 is 0 Å². The van der Waals surface area contributed by atoms with Crippen LogP contribution in [0.4, 0.5) is 0 Å². The van der Waals surface area contributed by atoms with E-state index < -0.39 is 12.0 Å². The second kappa shape index (κ2) is 3.53. The van der Waals surface area contributed by atoms with Crippen molar-refractivity contribution in [2.75, 3.05) is 0 Å². The first-order chi connectivity index (χ1) is 7.52. The number of nitrogens with two attached hydrogens (primary N) is 1. The molecule has 2 aromatic rings. The highest BCUT2D eigenvalue weighted by Gasteiger charge is 2.21. The van der Waals surface area contributed by atoms with Crippen LogP contribution in [0.15, 0.2) is 18.2 Å². The Labute approximate surface area is 91.5 Å². The van der Waals surface area contributed by atoms with Gasteiger partial charge in [-0.1, -0.05) is 12.1 Å². The van der Waals surface area contributed by atoms with Crippen molar-refractivity contribution in [2.24, 2.45) is 5.73 Å². The van der Waals surface area contributed by atoms with Gasteiger partial charge in [0, 0.05) is 16.6 Å². The standard InChI is InChI=1S/C11H12N2O3/c1-5-8(9(12)11(15)16)6-3-2-4-7(14)10(6)13-5/h2-4,9,13-14H,12H2,1H3,(H,15,16). The van der Waals surface area contributed by atoms with E-state index in [1.807, 2.05) is 0 Å². The number of nitrogens with one attached hydrogen (secondary N) is 1. The lowest BCUT2D eigenvalue weighted by atomic mass is 10.0. The Kier molecular flexibility index (Phi) is 2.32. The molecule has 5 N–H and O–H groups in total. The molecule has 0 amide bonds. The molecule has 0 spiro atoms. The first-order valence-electron chi connectivity index (χ1n) is 4.81. The summed E-state index contributed by atoms with van der Waals surface area (Å²) in [6.45, 7) is 1.73. The van der Waals surface area contributed by atoms with Crippen LogP contribution in [0.3, 0.4) is 0 Å². The minimum Gasteiger partial charge on any atom is -0.506 e. The smallest absolute Gasteiger partial charge is 0.325 e. The topological polar surface area (TPSA) is 99.3 Å². The third-order valence-corrected chi connectivity index (χ3v) is 2.63. The fourth-order valence-corrected chi connectivity index (χ4v) is 1.88. The lowest BCUT2D eigenvalue weighted by Crippen LogP contribution is -2.21. The molecule has 0 aliphatic heterocycles. The van der Waals surface area contributed by atoms with Crippen molar-refractivity contribution >= 4 is 16.9 Å². The maximum atomic E-state index is 10.9. The summed E-state index contributed by atoms with van der Waals surface area (Å²) in [7, 11) is 0. The van der Waals surface area contributed by atoms with Crippen molar-refractivity contribution in [3.63, 3.8) is 0 Å². The number of benzene rings is 1. The minimum atomic E-state index is -1.09. The molecular formula is C11H12N2O3. The van der Waals surface area contributed by atoms with Crippen molar-refractivity contribution in [3.8, 4) is 5.75 Å². The van der Waals surface area contributed by atoms with Gasteiger partial charge in [-0.05, 0) is 13.0 Å². The van der Waals surface area contributed by atoms with E-state index in [1.54, 1.807) is 19.1 Å². The predicted molar refractivity (Wildman–Crippen MR) is 59.3 cm³/mol. The zero-order chi connectivity index (χ0) is 11.9. The monoisotopic (exact) mass is 220 g/mol. The van der Waals surface area contributed by atoms with Gasteiger partial charge in [0.15, 0.2) is 0 Å². The predicted octanol–water partition coefficient (Wildman–Crippen LogP) is 1.27. The number of hydrogen-bond acceptors (Lipinski definition) is 3. The van der Waals surface area contributed by atoms with Crippen LogP contribution in [0.25, 0.3) is 10.9 Å². The lowest BCUT2D eigenvalue weighted by Gasteiger charge is -2.06. The molecule has 0 aliphatic carbocycles. The molecule has 1 aromatic heterocycles. The summed E-state index contributed by atoms with van der Waals surface area (Å²) in [4.78, 5) is 13.8. The van der Waals surface area contributed by atoms with Gasteiger partial charge in [-0.2, -0.15) is 0 Å². The van der Waals surface area contributed by atoms with Gasteiger partial charge < -0.3 is 20.9 Å². The number of phenols is 1. The van der Waals surface area contributed by atoms with Gasteiger partial charge in [0.25, 0.3) is 0 Å². The number of rotatable bonds is 2. The normalized spacial score (nSPS) is 12.9. The Morgan fingerprint density at radius 1 is 1.50 bits per heavy atom. The van der Waals surface area contributed by atoms with Crippen LogP contribution in [0.2, 0.25) is 0 Å². The number of aliphatic carboxylic acids is 1. The number of fused-ring (bicyclic) bond motifs is 1. The summed E-state index contributed by atoms with van der Waals surface area (Å²) in [5.41, 5.74) is 7.29. The minimum absolute atomic E-state index is 0.0874. The molecule has 1 unspecified atom stereocenters. The maximum Gasteiger partial charge on any atom is 0.325 e. The molecule has 1 atom stereocenters. The number of phenolic OH excluding ortho intramolecular Hbond substituents is 1. The van der Waals surface area contributed by atoms with E-state index in [1.165, 1.54) is 6.07 Å². The lowest BCUT2D eigenvalue weighted by molar-refractivity contribution is -0.138. The molecule has 0 saturated carbocycles. The summed E-state index contributed by atoms with van der Waals surface area (Å²) >= 11 is 0. The van der Waals surface area contributed by atoms with Gasteiger partial charge in [0.2, 0.25) is 0 Å². The highest BCUT2D eigenvalue weighted by molar-refractivity contribution is 5.93. The van der Waals surface area contributed by atoms with E-state index in [2.05, 4.69) is 4.98 Å². The molecule has 0 bridgehead atoms. The second-order valence-corrected chi connectivity index (χ2v) is 3.68. The number of aryl methyl sites for hydroxylation is 1. The van der Waals surface area contributed by atoms with Crippen LogP contribution in [-0.4, -0.2) is 21.2 Å². The van der Waals surface area contributed by atoms with Gasteiger partial charge in [-0.25, -0.2) is 0 Å². The molecule has 0 saturated heterocycles. The van der Waals surface area contributed by atoms with Crippen molar-refractivity contribution in [1.82, 2.24) is 4.98 Å². The largest absolute Gasteiger partial charge is 0.506 e. The quantitative estimate of drug-likeness (QED) is 0.612. The average molecular weight is 220 g/mol. The number of para-hydroxylation sites is 1. The van der Waals surface area contributed by atoms with Crippen LogP contribution in [0.1, 0.15) is 17.3 Å². The fraction of sp³-hybridized carbons (Fsp3) is 0.182. The van der Waals surface area contributed by atoms with E-state index in [9.17, 15) is 9.90 Å². The van der Waals surface area contributed by atoms with E-state index in [0.717, 1.165) is 0 Å². The molecule has 0 radical (unpaired) electrons. The van der Waals surface area contributed by atoms with Crippen LogP contribution in [-0.2, 0) is 4.79 Å². The number of carboxylic acid groups (broad SMARTS) is 1. The zero-order valence-electron chi connectivity index (χ0n) is 8.69. The highest BCUT2D eigenvalue weighted by atomic mass is 16.4. The molecular weight excluding hydrogens is 208 g/mol. The third kappa shape index (κ3) is 1.42. The van der Waals surface area contributed by atoms with Gasteiger partial charge in [-0.3, -0.25) is 4.79 Å². The van der Waals surface area contributed by atoms with E-state index in [0.29, 0.717) is 22.2 Å². The third-order valence-electron chi connectivity index (χ3n) is 2.63. The molecule has 2 rings (SSSR count). The summed E-state index contributed by atoms with van der Waals surface area (Å²) < 4.78 is 0. The molecule has 0 aliphatic rings. The van der Waals surface area contributed by atoms with Gasteiger partial charge in [0.1, 0.15) is 11.8 Å². The Morgan fingerprint density at radius 2 is 2.19 bits per heavy atom. The molecule has 5 nitrogen and oxygen atoms in total. The van der Waals surface area contributed by atoms with Gasteiger partial charge in [-0.15, -0.1) is 0 Å². The summed E-state index contributed by atoms with van der Waals surface area (Å²) in [6.07, 6.45) is 0. The molecule has 0 fully saturated rings. The highest BCUT2D eigenvalue weighted by Crippen LogP contribution is 2.31. The number of aromatic hydroxyl groups is 1. The van der Waals surface area contributed by atoms with Crippen LogP contribution >= 0.6 is 0 Å². The summed E-state index contributed by atoms with van der Waals surface area (Å²) in [5.74, 6) is -1.00. The van der Waals surface area contributed by atoms with Crippen LogP contribution in [0.5, 0.6) is 5.75 Å². The van der Waals surface area contributed by atoms with Gasteiger partial charge >= 0.3 is 5.97 Å². The SMILES string of the molecule is Cc1[nH]c2c(O)cccc2c1C(N)C(=O)O. The number of aromatic amines is 1. The summed E-state index contributed by atoms with van der Waals surface area (Å²) in [5, 5.41) is 19.2. The molecule has 5 heteroatoms. The number of carbonyl (C=O) groups is 1. The second-order valence-electron chi connectivity index (χ2n) is 3.68. The number of carboxylic acids is 1. The van der Waals surface area contributed by atoms with Crippen molar-refractivity contribution in [3.05, 3.63) is 29.5 Å². The average Bonchev–Trinajstić information content (AvgIpc) is 2.55. The molecule has 1 heterocycles. The van der Waals surface area contributed by atoms with E-state index in [-0.39, 0.29) is 5.75 Å². The Hall–Kier alpha value is -2.01. The first-order valence-corrected chi connectivity index (χ1v) is 4.81. The first kappa shape index (κ1) is 10.5. The molecule has 84 valence electrons. The van der Waals surface area contributed by atoms with E-state index in [4.69, 9.17) is 10.8 Å². The Bertz CT molecular complexity index is 560. The van der Waals surface area contributed by atoms with Crippen molar-refractivity contribution < 1.29 is 15.0 Å². The number of hydrogen-bond donors (Lipinski definition) is 4. The molecule has 16 heavy (non-hydrogen) atoms. The zero-order valence-corrected chi connectivity index (χ0v) is 8.69. The van der Waals surface area contributed by atoms with Crippen molar-refractivity contribution in [1.29, 1.82) is 0 Å².